The molecule has 4 heterocycles. The van der Waals surface area contributed by atoms with Crippen LogP contribution in [0.1, 0.15) is 24.8 Å². The molecule has 0 saturated carbocycles. The van der Waals surface area contributed by atoms with Gasteiger partial charge in [-0.3, -0.25) is 9.88 Å². The molecule has 2 aromatic rings. The van der Waals surface area contributed by atoms with Gasteiger partial charge in [0.25, 0.3) is 0 Å². The molecule has 2 aliphatic heterocycles. The zero-order chi connectivity index (χ0) is 16.2. The molecule has 0 radical (unpaired) electrons. The van der Waals surface area contributed by atoms with E-state index in [1.807, 2.05) is 12.1 Å². The molecule has 2 aliphatic rings. The van der Waals surface area contributed by atoms with Crippen molar-refractivity contribution in [2.45, 2.75) is 31.9 Å². The summed E-state index contributed by atoms with van der Waals surface area (Å²) in [5, 5.41) is 4.42. The van der Waals surface area contributed by atoms with E-state index in [1.165, 1.54) is 31.5 Å². The molecule has 0 bridgehead atoms. The van der Waals surface area contributed by atoms with Crippen LogP contribution in [0.25, 0.3) is 0 Å². The molecule has 1 unspecified atom stereocenters. The van der Waals surface area contributed by atoms with Gasteiger partial charge in [-0.2, -0.15) is 11.3 Å². The summed E-state index contributed by atoms with van der Waals surface area (Å²) in [6, 6.07) is 6.08. The first kappa shape index (κ1) is 16.1. The molecule has 0 N–H and O–H groups in total. The Kier molecular flexibility index (Phi) is 4.83. The van der Waals surface area contributed by atoms with Gasteiger partial charge in [-0.25, -0.2) is 0 Å². The summed E-state index contributed by atoms with van der Waals surface area (Å²) >= 11 is 1.79. The van der Waals surface area contributed by atoms with E-state index < -0.39 is 0 Å². The van der Waals surface area contributed by atoms with Gasteiger partial charge in [0.2, 0.25) is 0 Å². The Labute approximate surface area is 147 Å². The van der Waals surface area contributed by atoms with Crippen LogP contribution in [0.2, 0.25) is 0 Å². The number of rotatable bonds is 5. The fraction of sp³-hybridized carbons (Fsp3) is 0.526. The van der Waals surface area contributed by atoms with E-state index in [1.54, 1.807) is 23.7 Å². The van der Waals surface area contributed by atoms with Gasteiger partial charge >= 0.3 is 0 Å². The molecule has 24 heavy (non-hydrogen) atoms. The Balaban J connectivity index is 1.24. The van der Waals surface area contributed by atoms with Crippen LogP contribution in [0, 0.1) is 5.41 Å². The van der Waals surface area contributed by atoms with E-state index in [2.05, 4.69) is 26.7 Å². The fourth-order valence-corrected chi connectivity index (χ4v) is 4.46. The SMILES string of the molecule is c1cncc(OCC2CC3(CCN(Cc4ccsc4)CC3)CO2)c1. The zero-order valence-electron chi connectivity index (χ0n) is 13.9. The van der Waals surface area contributed by atoms with Crippen LogP contribution < -0.4 is 4.74 Å². The molecule has 4 rings (SSSR count). The molecule has 2 fully saturated rings. The van der Waals surface area contributed by atoms with Crippen LogP contribution in [-0.2, 0) is 11.3 Å². The number of aromatic nitrogens is 1. The molecule has 1 spiro atoms. The Hall–Kier alpha value is -1.43. The zero-order valence-corrected chi connectivity index (χ0v) is 14.7. The maximum Gasteiger partial charge on any atom is 0.137 e. The minimum atomic E-state index is 0.216. The molecule has 4 nitrogen and oxygen atoms in total. The molecule has 2 saturated heterocycles. The maximum atomic E-state index is 6.05. The van der Waals surface area contributed by atoms with Crippen LogP contribution in [0.4, 0.5) is 0 Å². The minimum Gasteiger partial charge on any atom is -0.489 e. The number of likely N-dealkylation sites (tertiary alicyclic amines) is 1. The van der Waals surface area contributed by atoms with Crippen molar-refractivity contribution in [1.29, 1.82) is 0 Å². The number of thiophene rings is 1. The topological polar surface area (TPSA) is 34.6 Å². The predicted molar refractivity (Wildman–Crippen MR) is 95.4 cm³/mol. The number of hydrogen-bond acceptors (Lipinski definition) is 5. The van der Waals surface area contributed by atoms with Crippen molar-refractivity contribution in [3.8, 4) is 5.75 Å². The lowest BCUT2D eigenvalue weighted by Crippen LogP contribution is -2.40. The Morgan fingerprint density at radius 1 is 1.33 bits per heavy atom. The smallest absolute Gasteiger partial charge is 0.137 e. The average molecular weight is 344 g/mol. The van der Waals surface area contributed by atoms with Gasteiger partial charge in [0, 0.05) is 12.7 Å². The number of pyridine rings is 1. The lowest BCUT2D eigenvalue weighted by Gasteiger charge is -2.38. The first-order valence-corrected chi connectivity index (χ1v) is 9.64. The fourth-order valence-electron chi connectivity index (χ4n) is 3.80. The Morgan fingerprint density at radius 3 is 3.00 bits per heavy atom. The molecule has 0 amide bonds. The van der Waals surface area contributed by atoms with E-state index in [-0.39, 0.29) is 6.10 Å². The summed E-state index contributed by atoms with van der Waals surface area (Å²) < 4.78 is 11.9. The van der Waals surface area contributed by atoms with E-state index in [9.17, 15) is 0 Å². The Bertz CT molecular complexity index is 624. The van der Waals surface area contributed by atoms with Crippen molar-refractivity contribution in [3.05, 3.63) is 46.9 Å². The van der Waals surface area contributed by atoms with Crippen molar-refractivity contribution < 1.29 is 9.47 Å². The third kappa shape index (κ3) is 3.79. The molecule has 2 aromatic heterocycles. The van der Waals surface area contributed by atoms with Gasteiger partial charge in [-0.05, 0) is 72.3 Å². The second-order valence-electron chi connectivity index (χ2n) is 7.04. The van der Waals surface area contributed by atoms with Crippen LogP contribution in [0.3, 0.4) is 0 Å². The van der Waals surface area contributed by atoms with Crippen molar-refractivity contribution in [2.24, 2.45) is 5.41 Å². The highest BCUT2D eigenvalue weighted by Crippen LogP contribution is 2.42. The summed E-state index contributed by atoms with van der Waals surface area (Å²) in [5.74, 6) is 0.827. The summed E-state index contributed by atoms with van der Waals surface area (Å²) in [5.41, 5.74) is 1.81. The normalized spacial score (nSPS) is 23.6. The third-order valence-electron chi connectivity index (χ3n) is 5.26. The standard InChI is InChI=1S/C19H24N2O2S/c1-2-17(11-20-6-1)22-13-18-10-19(15-23-18)4-7-21(8-5-19)12-16-3-9-24-14-16/h1-3,6,9,11,14,18H,4-5,7-8,10,12-13,15H2. The second kappa shape index (κ2) is 7.21. The van der Waals surface area contributed by atoms with Crippen LogP contribution in [0.5, 0.6) is 5.75 Å². The largest absolute Gasteiger partial charge is 0.489 e. The third-order valence-corrected chi connectivity index (χ3v) is 5.99. The van der Waals surface area contributed by atoms with Crippen molar-refractivity contribution in [1.82, 2.24) is 9.88 Å². The summed E-state index contributed by atoms with van der Waals surface area (Å²) in [6.45, 7) is 4.96. The first-order valence-electron chi connectivity index (χ1n) is 8.69. The van der Waals surface area contributed by atoms with E-state index in [4.69, 9.17) is 9.47 Å². The van der Waals surface area contributed by atoms with Gasteiger partial charge in [0.05, 0.1) is 18.9 Å². The summed E-state index contributed by atoms with van der Waals surface area (Å²) in [4.78, 5) is 6.66. The highest BCUT2D eigenvalue weighted by molar-refractivity contribution is 7.07. The summed E-state index contributed by atoms with van der Waals surface area (Å²) in [6.07, 6.45) is 7.33. The van der Waals surface area contributed by atoms with Crippen LogP contribution in [0.15, 0.2) is 41.4 Å². The van der Waals surface area contributed by atoms with Gasteiger partial charge in [0.1, 0.15) is 12.4 Å². The molecular weight excluding hydrogens is 320 g/mol. The first-order chi connectivity index (χ1) is 11.8. The summed E-state index contributed by atoms with van der Waals surface area (Å²) in [7, 11) is 0. The van der Waals surface area contributed by atoms with Gasteiger partial charge in [-0.1, -0.05) is 0 Å². The van der Waals surface area contributed by atoms with Crippen LogP contribution in [-0.4, -0.2) is 42.3 Å². The van der Waals surface area contributed by atoms with E-state index in [0.717, 1.165) is 25.3 Å². The molecule has 0 aromatic carbocycles. The number of nitrogens with zero attached hydrogens (tertiary/aromatic N) is 2. The van der Waals surface area contributed by atoms with E-state index >= 15 is 0 Å². The highest BCUT2D eigenvalue weighted by atomic mass is 32.1. The second-order valence-corrected chi connectivity index (χ2v) is 7.82. The Morgan fingerprint density at radius 2 is 2.25 bits per heavy atom. The van der Waals surface area contributed by atoms with E-state index in [0.29, 0.717) is 12.0 Å². The quantitative estimate of drug-likeness (QED) is 0.830. The molecule has 128 valence electrons. The minimum absolute atomic E-state index is 0.216. The highest BCUT2D eigenvalue weighted by Gasteiger charge is 2.42. The maximum absolute atomic E-state index is 6.05. The van der Waals surface area contributed by atoms with Crippen LogP contribution >= 0.6 is 11.3 Å². The average Bonchev–Trinajstić information content (AvgIpc) is 3.27. The van der Waals surface area contributed by atoms with Crippen molar-refractivity contribution in [2.75, 3.05) is 26.3 Å². The predicted octanol–water partition coefficient (Wildman–Crippen LogP) is 3.59. The molecule has 0 aliphatic carbocycles. The van der Waals surface area contributed by atoms with Crippen molar-refractivity contribution >= 4 is 11.3 Å². The lowest BCUT2D eigenvalue weighted by atomic mass is 9.76. The molecule has 1 atom stereocenters. The van der Waals surface area contributed by atoms with Crippen molar-refractivity contribution in [3.63, 3.8) is 0 Å². The molecular formula is C19H24N2O2S. The van der Waals surface area contributed by atoms with Gasteiger partial charge in [-0.15, -0.1) is 0 Å². The number of ether oxygens (including phenoxy) is 2. The number of hydrogen-bond donors (Lipinski definition) is 0. The number of piperidine rings is 1. The molecule has 5 heteroatoms. The van der Waals surface area contributed by atoms with Gasteiger partial charge < -0.3 is 9.47 Å². The monoisotopic (exact) mass is 344 g/mol. The van der Waals surface area contributed by atoms with Gasteiger partial charge in [0.15, 0.2) is 0 Å². The lowest BCUT2D eigenvalue weighted by molar-refractivity contribution is 0.0470.